The molecule has 1 aliphatic rings. The van der Waals surface area contributed by atoms with Gasteiger partial charge in [0.1, 0.15) is 5.75 Å². The summed E-state index contributed by atoms with van der Waals surface area (Å²) in [5.41, 5.74) is 6.61. The van der Waals surface area contributed by atoms with Crippen molar-refractivity contribution in [2.45, 2.75) is 25.8 Å². The van der Waals surface area contributed by atoms with Crippen molar-refractivity contribution in [1.82, 2.24) is 5.32 Å². The largest absolute Gasteiger partial charge is 0.492 e. The third-order valence-electron chi connectivity index (χ3n) is 3.37. The zero-order valence-electron chi connectivity index (χ0n) is 12.0. The summed E-state index contributed by atoms with van der Waals surface area (Å²) in [6.45, 7) is 2.35. The molecule has 6 nitrogen and oxygen atoms in total. The second kappa shape index (κ2) is 6.34. The van der Waals surface area contributed by atoms with Crippen molar-refractivity contribution >= 4 is 21.4 Å². The number of hydrogen-bond donors (Lipinski definition) is 2. The summed E-state index contributed by atoms with van der Waals surface area (Å²) in [6, 6.07) is 4.47. The highest BCUT2D eigenvalue weighted by molar-refractivity contribution is 7.91. The Morgan fingerprint density at radius 2 is 2.24 bits per heavy atom. The van der Waals surface area contributed by atoms with E-state index < -0.39 is 9.84 Å². The van der Waals surface area contributed by atoms with Crippen LogP contribution >= 0.6 is 0 Å². The van der Waals surface area contributed by atoms with E-state index >= 15 is 0 Å². The van der Waals surface area contributed by atoms with Crippen LogP contribution in [0.5, 0.6) is 5.75 Å². The van der Waals surface area contributed by atoms with E-state index in [-0.39, 0.29) is 23.5 Å². The minimum atomic E-state index is -3.04. The maximum absolute atomic E-state index is 12.1. The van der Waals surface area contributed by atoms with Gasteiger partial charge in [-0.3, -0.25) is 4.79 Å². The predicted octanol–water partition coefficient (Wildman–Crippen LogP) is 0.974. The Kier molecular flexibility index (Phi) is 4.72. The molecule has 1 aromatic rings. The van der Waals surface area contributed by atoms with Crippen molar-refractivity contribution in [1.29, 1.82) is 0 Å². The van der Waals surface area contributed by atoms with Crippen molar-refractivity contribution < 1.29 is 17.9 Å². The fourth-order valence-corrected chi connectivity index (χ4v) is 4.02. The van der Waals surface area contributed by atoms with Gasteiger partial charge in [0.25, 0.3) is 5.91 Å². The maximum atomic E-state index is 12.1. The Hall–Kier alpha value is -1.76. The molecule has 1 unspecified atom stereocenters. The fourth-order valence-electron chi connectivity index (χ4n) is 2.38. The Morgan fingerprint density at radius 1 is 1.48 bits per heavy atom. The van der Waals surface area contributed by atoms with E-state index in [1.54, 1.807) is 12.1 Å². The van der Waals surface area contributed by atoms with Crippen LogP contribution in [0.25, 0.3) is 0 Å². The first-order valence-electron chi connectivity index (χ1n) is 6.95. The van der Waals surface area contributed by atoms with Crippen LogP contribution in [0.1, 0.15) is 30.1 Å². The number of sulfone groups is 1. The molecular formula is C14H20N2O4S. The Labute approximate surface area is 124 Å². The highest BCUT2D eigenvalue weighted by Gasteiger charge is 2.26. The molecule has 1 heterocycles. The van der Waals surface area contributed by atoms with Gasteiger partial charge in [-0.25, -0.2) is 8.42 Å². The first kappa shape index (κ1) is 15.6. The Balaban J connectivity index is 2.05. The third-order valence-corrected chi connectivity index (χ3v) is 5.19. The quantitative estimate of drug-likeness (QED) is 0.807. The van der Waals surface area contributed by atoms with Crippen molar-refractivity contribution in [3.63, 3.8) is 0 Å². The molecule has 116 valence electrons. The minimum absolute atomic E-state index is 0.00521. The average molecular weight is 312 g/mol. The van der Waals surface area contributed by atoms with Gasteiger partial charge < -0.3 is 15.8 Å². The lowest BCUT2D eigenvalue weighted by Gasteiger charge is -2.23. The third kappa shape index (κ3) is 4.10. The number of nitrogens with two attached hydrogens (primary N) is 1. The monoisotopic (exact) mass is 312 g/mol. The molecule has 1 amide bonds. The van der Waals surface area contributed by atoms with E-state index in [0.29, 0.717) is 36.4 Å². The number of nitrogen functional groups attached to an aromatic ring is 1. The molecule has 1 aromatic carbocycles. The van der Waals surface area contributed by atoms with Gasteiger partial charge in [0.15, 0.2) is 9.84 Å². The number of carbonyl (C=O) groups is 1. The van der Waals surface area contributed by atoms with Crippen LogP contribution in [0, 0.1) is 0 Å². The van der Waals surface area contributed by atoms with Crippen molar-refractivity contribution in [2.24, 2.45) is 0 Å². The highest BCUT2D eigenvalue weighted by Crippen LogP contribution is 2.22. The minimum Gasteiger partial charge on any atom is -0.492 e. The van der Waals surface area contributed by atoms with Crippen LogP contribution in [0.2, 0.25) is 0 Å². The van der Waals surface area contributed by atoms with Crippen molar-refractivity contribution in [3.8, 4) is 5.75 Å². The Morgan fingerprint density at radius 3 is 2.86 bits per heavy atom. The smallest absolute Gasteiger partial charge is 0.251 e. The molecule has 2 rings (SSSR count). The van der Waals surface area contributed by atoms with Gasteiger partial charge in [-0.1, -0.05) is 0 Å². The summed E-state index contributed by atoms with van der Waals surface area (Å²) in [5.74, 6) is 0.432. The van der Waals surface area contributed by atoms with E-state index in [1.165, 1.54) is 6.07 Å². The number of amides is 1. The number of ether oxygens (including phenoxy) is 1. The van der Waals surface area contributed by atoms with Crippen LogP contribution < -0.4 is 15.8 Å². The van der Waals surface area contributed by atoms with Gasteiger partial charge in [0.2, 0.25) is 0 Å². The Bertz CT molecular complexity index is 628. The normalized spacial score (nSPS) is 20.7. The molecule has 7 heteroatoms. The summed E-state index contributed by atoms with van der Waals surface area (Å²) in [5, 5.41) is 2.75. The molecule has 21 heavy (non-hydrogen) atoms. The van der Waals surface area contributed by atoms with Crippen molar-refractivity contribution in [2.75, 3.05) is 23.8 Å². The number of rotatable bonds is 4. The van der Waals surface area contributed by atoms with E-state index in [4.69, 9.17) is 10.5 Å². The second-order valence-electron chi connectivity index (χ2n) is 5.11. The number of hydrogen-bond acceptors (Lipinski definition) is 5. The molecule has 1 aliphatic heterocycles. The summed E-state index contributed by atoms with van der Waals surface area (Å²) < 4.78 is 28.4. The lowest BCUT2D eigenvalue weighted by molar-refractivity contribution is 0.0938. The van der Waals surface area contributed by atoms with Gasteiger partial charge in [0.05, 0.1) is 23.8 Å². The van der Waals surface area contributed by atoms with Gasteiger partial charge >= 0.3 is 0 Å². The van der Waals surface area contributed by atoms with Gasteiger partial charge in [0, 0.05) is 11.6 Å². The molecule has 1 saturated heterocycles. The summed E-state index contributed by atoms with van der Waals surface area (Å²) in [7, 11) is -3.04. The number of nitrogens with one attached hydrogen (secondary N) is 1. The number of anilines is 1. The molecule has 0 saturated carbocycles. The number of benzene rings is 1. The fraction of sp³-hybridized carbons (Fsp3) is 0.500. The van der Waals surface area contributed by atoms with Crippen LogP contribution in [0.4, 0.5) is 5.69 Å². The van der Waals surface area contributed by atoms with E-state index in [1.807, 2.05) is 6.92 Å². The molecule has 0 spiro atoms. The summed E-state index contributed by atoms with van der Waals surface area (Å²) >= 11 is 0. The molecule has 0 bridgehead atoms. The highest BCUT2D eigenvalue weighted by atomic mass is 32.2. The van der Waals surface area contributed by atoms with Gasteiger partial charge in [-0.05, 0) is 38.0 Å². The van der Waals surface area contributed by atoms with Crippen LogP contribution in [0.15, 0.2) is 18.2 Å². The zero-order valence-corrected chi connectivity index (χ0v) is 12.8. The van der Waals surface area contributed by atoms with Crippen LogP contribution in [-0.2, 0) is 9.84 Å². The predicted molar refractivity (Wildman–Crippen MR) is 81.2 cm³/mol. The second-order valence-corrected chi connectivity index (χ2v) is 7.34. The first-order valence-corrected chi connectivity index (χ1v) is 8.77. The zero-order chi connectivity index (χ0) is 15.5. The SMILES string of the molecule is CCOc1ccc(C(=O)NC2CCCS(=O)(=O)C2)cc1N. The molecule has 3 N–H and O–H groups in total. The van der Waals surface area contributed by atoms with E-state index in [0.717, 1.165) is 0 Å². The molecular weight excluding hydrogens is 292 g/mol. The average Bonchev–Trinajstić information content (AvgIpc) is 2.40. The lowest BCUT2D eigenvalue weighted by atomic mass is 10.1. The molecule has 0 aromatic heterocycles. The molecule has 0 radical (unpaired) electrons. The lowest BCUT2D eigenvalue weighted by Crippen LogP contribution is -2.43. The molecule has 1 fully saturated rings. The van der Waals surface area contributed by atoms with Crippen LogP contribution in [0.3, 0.4) is 0 Å². The van der Waals surface area contributed by atoms with Gasteiger partial charge in [-0.2, -0.15) is 0 Å². The van der Waals surface area contributed by atoms with Crippen LogP contribution in [-0.4, -0.2) is 38.5 Å². The van der Waals surface area contributed by atoms with Crippen molar-refractivity contribution in [3.05, 3.63) is 23.8 Å². The standard InChI is InChI=1S/C14H20N2O4S/c1-2-20-13-6-5-10(8-12(13)15)14(17)16-11-4-3-7-21(18,19)9-11/h5-6,8,11H,2-4,7,9,15H2,1H3,(H,16,17). The number of carbonyl (C=O) groups excluding carboxylic acids is 1. The summed E-state index contributed by atoms with van der Waals surface area (Å²) in [4.78, 5) is 12.1. The topological polar surface area (TPSA) is 98.5 Å². The van der Waals surface area contributed by atoms with E-state index in [2.05, 4.69) is 5.32 Å². The molecule has 1 atom stereocenters. The maximum Gasteiger partial charge on any atom is 0.251 e. The van der Waals surface area contributed by atoms with E-state index in [9.17, 15) is 13.2 Å². The molecule has 0 aliphatic carbocycles. The first-order chi connectivity index (χ1) is 9.91. The van der Waals surface area contributed by atoms with Gasteiger partial charge in [-0.15, -0.1) is 0 Å². The summed E-state index contributed by atoms with van der Waals surface area (Å²) in [6.07, 6.45) is 1.26.